The Kier molecular flexibility index (Phi) is 5.16. The maximum atomic E-state index is 4.33. The fourth-order valence-corrected chi connectivity index (χ4v) is 2.74. The summed E-state index contributed by atoms with van der Waals surface area (Å²) >= 11 is 0. The maximum Gasteiger partial charge on any atom is 0.126 e. The number of aromatic nitrogens is 1. The molecule has 1 unspecified atom stereocenters. The molecule has 1 atom stereocenters. The largest absolute Gasteiger partial charge is 0.370 e. The van der Waals surface area contributed by atoms with Crippen LogP contribution in [-0.4, -0.2) is 54.1 Å². The van der Waals surface area contributed by atoms with Gasteiger partial charge in [0.05, 0.1) is 0 Å². The van der Waals surface area contributed by atoms with E-state index in [9.17, 15) is 0 Å². The SMILES string of the molecule is CCNc1cc(CN2CCCN(C)CC2C)ccn1. The molecule has 0 bridgehead atoms. The zero-order valence-electron chi connectivity index (χ0n) is 12.4. The van der Waals surface area contributed by atoms with E-state index in [1.165, 1.54) is 25.1 Å². The highest BCUT2D eigenvalue weighted by Crippen LogP contribution is 2.14. The van der Waals surface area contributed by atoms with Crippen LogP contribution in [-0.2, 0) is 6.54 Å². The Bertz CT molecular complexity index is 393. The van der Waals surface area contributed by atoms with E-state index < -0.39 is 0 Å². The molecule has 19 heavy (non-hydrogen) atoms. The van der Waals surface area contributed by atoms with E-state index in [-0.39, 0.29) is 0 Å². The molecule has 1 saturated heterocycles. The lowest BCUT2D eigenvalue weighted by molar-refractivity contribution is 0.194. The van der Waals surface area contributed by atoms with Crippen molar-refractivity contribution >= 4 is 5.82 Å². The highest BCUT2D eigenvalue weighted by molar-refractivity contribution is 5.37. The zero-order valence-corrected chi connectivity index (χ0v) is 12.4. The molecular weight excluding hydrogens is 236 g/mol. The Morgan fingerprint density at radius 3 is 3.05 bits per heavy atom. The van der Waals surface area contributed by atoms with Crippen molar-refractivity contribution in [2.45, 2.75) is 32.9 Å². The summed E-state index contributed by atoms with van der Waals surface area (Å²) in [6.45, 7) is 9.92. The molecule has 0 spiro atoms. The molecule has 4 heteroatoms. The van der Waals surface area contributed by atoms with Gasteiger partial charge >= 0.3 is 0 Å². The van der Waals surface area contributed by atoms with Gasteiger partial charge in [0.1, 0.15) is 5.82 Å². The monoisotopic (exact) mass is 262 g/mol. The molecule has 2 heterocycles. The lowest BCUT2D eigenvalue weighted by Crippen LogP contribution is -2.37. The van der Waals surface area contributed by atoms with E-state index in [2.05, 4.69) is 53.1 Å². The molecule has 106 valence electrons. The van der Waals surface area contributed by atoms with Crippen molar-refractivity contribution in [1.82, 2.24) is 14.8 Å². The summed E-state index contributed by atoms with van der Waals surface area (Å²) in [5, 5.41) is 3.28. The third kappa shape index (κ3) is 4.18. The van der Waals surface area contributed by atoms with Crippen molar-refractivity contribution in [3.63, 3.8) is 0 Å². The van der Waals surface area contributed by atoms with Gasteiger partial charge in [-0.15, -0.1) is 0 Å². The average molecular weight is 262 g/mol. The third-order valence-corrected chi connectivity index (χ3v) is 3.75. The first-order chi connectivity index (χ1) is 9.19. The van der Waals surface area contributed by atoms with Crippen molar-refractivity contribution in [3.8, 4) is 0 Å². The molecule has 4 nitrogen and oxygen atoms in total. The summed E-state index contributed by atoms with van der Waals surface area (Å²) in [6, 6.07) is 4.91. The van der Waals surface area contributed by atoms with Crippen LogP contribution in [0.1, 0.15) is 25.8 Å². The van der Waals surface area contributed by atoms with E-state index in [4.69, 9.17) is 0 Å². The van der Waals surface area contributed by atoms with Gasteiger partial charge in [-0.05, 0) is 51.6 Å². The van der Waals surface area contributed by atoms with Crippen LogP contribution < -0.4 is 5.32 Å². The molecule has 1 N–H and O–H groups in total. The molecule has 1 fully saturated rings. The Morgan fingerprint density at radius 1 is 1.42 bits per heavy atom. The summed E-state index contributed by atoms with van der Waals surface area (Å²) in [5.41, 5.74) is 1.35. The van der Waals surface area contributed by atoms with Crippen LogP contribution in [0.5, 0.6) is 0 Å². The molecule has 1 aliphatic rings. The van der Waals surface area contributed by atoms with Crippen molar-refractivity contribution in [3.05, 3.63) is 23.9 Å². The van der Waals surface area contributed by atoms with Crippen LogP contribution in [0.4, 0.5) is 5.82 Å². The summed E-state index contributed by atoms with van der Waals surface area (Å²) in [4.78, 5) is 9.34. The quantitative estimate of drug-likeness (QED) is 0.900. The van der Waals surface area contributed by atoms with Gasteiger partial charge in [-0.3, -0.25) is 4.90 Å². The first-order valence-electron chi connectivity index (χ1n) is 7.30. The van der Waals surface area contributed by atoms with Crippen molar-refractivity contribution in [2.24, 2.45) is 0 Å². The van der Waals surface area contributed by atoms with Crippen LogP contribution in [0.3, 0.4) is 0 Å². The van der Waals surface area contributed by atoms with E-state index >= 15 is 0 Å². The standard InChI is InChI=1S/C15H26N4/c1-4-16-15-10-14(6-7-17-15)12-19-9-5-8-18(3)11-13(19)2/h6-7,10,13H,4-5,8-9,11-12H2,1-3H3,(H,16,17). The lowest BCUT2D eigenvalue weighted by Gasteiger charge is -2.28. The van der Waals surface area contributed by atoms with Crippen LogP contribution >= 0.6 is 0 Å². The minimum absolute atomic E-state index is 0.614. The number of rotatable bonds is 4. The van der Waals surface area contributed by atoms with E-state index in [1.54, 1.807) is 0 Å². The van der Waals surface area contributed by atoms with Crippen molar-refractivity contribution in [2.75, 3.05) is 38.5 Å². The van der Waals surface area contributed by atoms with Gasteiger partial charge in [0.2, 0.25) is 0 Å². The smallest absolute Gasteiger partial charge is 0.126 e. The summed E-state index contributed by atoms with van der Waals surface area (Å²) in [5.74, 6) is 0.986. The van der Waals surface area contributed by atoms with Crippen LogP contribution in [0.15, 0.2) is 18.3 Å². The van der Waals surface area contributed by atoms with Crippen LogP contribution in [0, 0.1) is 0 Å². The molecule has 0 saturated carbocycles. The molecule has 0 radical (unpaired) electrons. The lowest BCUT2D eigenvalue weighted by atomic mass is 10.2. The Labute approximate surface area is 116 Å². The molecule has 2 rings (SSSR count). The van der Waals surface area contributed by atoms with Gasteiger partial charge in [-0.1, -0.05) is 0 Å². The van der Waals surface area contributed by atoms with E-state index in [0.29, 0.717) is 6.04 Å². The number of anilines is 1. The zero-order chi connectivity index (χ0) is 13.7. The first kappa shape index (κ1) is 14.3. The molecule has 0 aromatic carbocycles. The molecule has 0 amide bonds. The predicted molar refractivity (Wildman–Crippen MR) is 80.4 cm³/mol. The van der Waals surface area contributed by atoms with Crippen molar-refractivity contribution < 1.29 is 0 Å². The van der Waals surface area contributed by atoms with Gasteiger partial charge in [-0.25, -0.2) is 4.98 Å². The fourth-order valence-electron chi connectivity index (χ4n) is 2.74. The first-order valence-corrected chi connectivity index (χ1v) is 7.30. The average Bonchev–Trinajstić information content (AvgIpc) is 2.52. The molecular formula is C15H26N4. The van der Waals surface area contributed by atoms with Crippen LogP contribution in [0.2, 0.25) is 0 Å². The molecule has 1 aromatic heterocycles. The summed E-state index contributed by atoms with van der Waals surface area (Å²) in [6.07, 6.45) is 3.16. The highest BCUT2D eigenvalue weighted by Gasteiger charge is 2.19. The molecule has 0 aliphatic carbocycles. The second kappa shape index (κ2) is 6.87. The minimum Gasteiger partial charge on any atom is -0.370 e. The number of hydrogen-bond donors (Lipinski definition) is 1. The molecule has 1 aromatic rings. The Hall–Kier alpha value is -1.13. The normalized spacial score (nSPS) is 22.2. The third-order valence-electron chi connectivity index (χ3n) is 3.75. The van der Waals surface area contributed by atoms with Gasteiger partial charge in [0.25, 0.3) is 0 Å². The van der Waals surface area contributed by atoms with Gasteiger partial charge in [-0.2, -0.15) is 0 Å². The van der Waals surface area contributed by atoms with Gasteiger partial charge < -0.3 is 10.2 Å². The predicted octanol–water partition coefficient (Wildman–Crippen LogP) is 2.04. The van der Waals surface area contributed by atoms with Crippen LogP contribution in [0.25, 0.3) is 0 Å². The highest BCUT2D eigenvalue weighted by atomic mass is 15.2. The van der Waals surface area contributed by atoms with Gasteiger partial charge in [0, 0.05) is 38.4 Å². The van der Waals surface area contributed by atoms with Crippen molar-refractivity contribution in [1.29, 1.82) is 0 Å². The Morgan fingerprint density at radius 2 is 2.26 bits per heavy atom. The van der Waals surface area contributed by atoms with E-state index in [0.717, 1.165) is 25.5 Å². The second-order valence-electron chi connectivity index (χ2n) is 5.51. The topological polar surface area (TPSA) is 31.4 Å². The van der Waals surface area contributed by atoms with Gasteiger partial charge in [0.15, 0.2) is 0 Å². The number of hydrogen-bond acceptors (Lipinski definition) is 4. The minimum atomic E-state index is 0.614. The summed E-state index contributed by atoms with van der Waals surface area (Å²) < 4.78 is 0. The number of nitrogens with one attached hydrogen (secondary N) is 1. The fraction of sp³-hybridized carbons (Fsp3) is 0.667. The second-order valence-corrected chi connectivity index (χ2v) is 5.51. The van der Waals surface area contributed by atoms with E-state index in [1.807, 2.05) is 6.20 Å². The maximum absolute atomic E-state index is 4.33. The number of likely N-dealkylation sites (N-methyl/N-ethyl adjacent to an activating group) is 1. The number of nitrogens with zero attached hydrogens (tertiary/aromatic N) is 3. The Balaban J connectivity index is 2.01. The molecule has 1 aliphatic heterocycles. The summed E-state index contributed by atoms with van der Waals surface area (Å²) in [7, 11) is 2.22. The number of pyridine rings is 1.